The number of amides is 2. The topological polar surface area (TPSA) is 71.3 Å². The van der Waals surface area contributed by atoms with Gasteiger partial charge in [0.15, 0.2) is 0 Å². The van der Waals surface area contributed by atoms with Gasteiger partial charge < -0.3 is 15.1 Å². The molecule has 3 aromatic rings. The van der Waals surface area contributed by atoms with Gasteiger partial charge in [0, 0.05) is 34.0 Å². The Labute approximate surface area is 180 Å². The van der Waals surface area contributed by atoms with Gasteiger partial charge in [-0.1, -0.05) is 37.6 Å². The van der Waals surface area contributed by atoms with Gasteiger partial charge in [-0.3, -0.25) is 9.59 Å². The van der Waals surface area contributed by atoms with Crippen molar-refractivity contribution in [1.29, 1.82) is 0 Å². The molecule has 0 saturated carbocycles. The van der Waals surface area contributed by atoms with Crippen molar-refractivity contribution in [2.24, 2.45) is 5.92 Å². The van der Waals surface area contributed by atoms with E-state index in [1.165, 1.54) is 6.08 Å². The molecule has 0 atom stereocenters. The summed E-state index contributed by atoms with van der Waals surface area (Å²) in [6.07, 6.45) is 3.01. The number of benzene rings is 2. The molecule has 5 nitrogen and oxygen atoms in total. The van der Waals surface area contributed by atoms with Gasteiger partial charge in [0.2, 0.25) is 11.8 Å². The van der Waals surface area contributed by atoms with Crippen LogP contribution in [0.15, 0.2) is 65.1 Å². The van der Waals surface area contributed by atoms with Crippen LogP contribution in [0.1, 0.15) is 25.2 Å². The van der Waals surface area contributed by atoms with E-state index in [1.807, 2.05) is 45.0 Å². The third kappa shape index (κ3) is 5.61. The van der Waals surface area contributed by atoms with Gasteiger partial charge in [-0.2, -0.15) is 0 Å². The number of carbonyl (C=O) groups excluding carboxylic acids is 2. The Morgan fingerprint density at radius 2 is 1.63 bits per heavy atom. The molecule has 0 aliphatic carbocycles. The van der Waals surface area contributed by atoms with Crippen LogP contribution in [0.3, 0.4) is 0 Å². The van der Waals surface area contributed by atoms with Crippen LogP contribution in [-0.4, -0.2) is 11.8 Å². The maximum absolute atomic E-state index is 12.2. The van der Waals surface area contributed by atoms with E-state index in [-0.39, 0.29) is 17.7 Å². The zero-order valence-electron chi connectivity index (χ0n) is 17.0. The smallest absolute Gasteiger partial charge is 0.248 e. The van der Waals surface area contributed by atoms with Crippen LogP contribution in [0.25, 0.3) is 17.4 Å². The summed E-state index contributed by atoms with van der Waals surface area (Å²) in [5, 5.41) is 6.25. The molecular weight excluding hydrogens is 400 g/mol. The Kier molecular flexibility index (Phi) is 6.75. The lowest BCUT2D eigenvalue weighted by Gasteiger charge is -2.08. The van der Waals surface area contributed by atoms with Crippen molar-refractivity contribution >= 4 is 40.9 Å². The number of furan rings is 1. The zero-order valence-corrected chi connectivity index (χ0v) is 17.8. The molecule has 1 aromatic heterocycles. The molecule has 0 fully saturated rings. The molecule has 2 N–H and O–H groups in total. The average molecular weight is 423 g/mol. The molecule has 0 unspecified atom stereocenters. The first-order valence-corrected chi connectivity index (χ1v) is 9.96. The van der Waals surface area contributed by atoms with Gasteiger partial charge in [0.25, 0.3) is 0 Å². The predicted molar refractivity (Wildman–Crippen MR) is 121 cm³/mol. The van der Waals surface area contributed by atoms with Gasteiger partial charge in [-0.15, -0.1) is 0 Å². The van der Waals surface area contributed by atoms with Crippen molar-refractivity contribution in [3.8, 4) is 11.3 Å². The molecule has 2 aromatic carbocycles. The summed E-state index contributed by atoms with van der Waals surface area (Å²) < 4.78 is 5.77. The quantitative estimate of drug-likeness (QED) is 0.467. The highest BCUT2D eigenvalue weighted by Gasteiger charge is 2.08. The summed E-state index contributed by atoms with van der Waals surface area (Å²) in [7, 11) is 0. The van der Waals surface area contributed by atoms with Crippen molar-refractivity contribution in [1.82, 2.24) is 0 Å². The van der Waals surface area contributed by atoms with Gasteiger partial charge in [0.05, 0.1) is 0 Å². The maximum Gasteiger partial charge on any atom is 0.248 e. The monoisotopic (exact) mass is 422 g/mol. The first kappa shape index (κ1) is 21.4. The van der Waals surface area contributed by atoms with Crippen LogP contribution in [0.4, 0.5) is 11.4 Å². The summed E-state index contributed by atoms with van der Waals surface area (Å²) in [4.78, 5) is 23.9. The fourth-order valence-electron chi connectivity index (χ4n) is 2.61. The maximum atomic E-state index is 12.2. The molecule has 0 saturated heterocycles. The number of nitrogens with one attached hydrogen (secondary N) is 2. The van der Waals surface area contributed by atoms with Crippen molar-refractivity contribution in [2.75, 3.05) is 10.6 Å². The summed E-state index contributed by atoms with van der Waals surface area (Å²) >= 11 is 6.17. The van der Waals surface area contributed by atoms with Crippen LogP contribution in [0, 0.1) is 12.8 Å². The highest BCUT2D eigenvalue weighted by molar-refractivity contribution is 6.31. The Bertz CT molecular complexity index is 1080. The molecule has 0 aliphatic heterocycles. The molecule has 2 amide bonds. The second-order valence-electron chi connectivity index (χ2n) is 7.21. The van der Waals surface area contributed by atoms with Crippen molar-refractivity contribution in [3.05, 3.63) is 77.0 Å². The Morgan fingerprint density at radius 3 is 2.27 bits per heavy atom. The Hall–Kier alpha value is -3.31. The summed E-state index contributed by atoms with van der Waals surface area (Å²) in [6.45, 7) is 5.60. The average Bonchev–Trinajstić information content (AvgIpc) is 3.19. The third-order valence-corrected chi connectivity index (χ3v) is 4.83. The van der Waals surface area contributed by atoms with Crippen LogP contribution in [0.5, 0.6) is 0 Å². The van der Waals surface area contributed by atoms with E-state index in [0.717, 1.165) is 11.1 Å². The first-order chi connectivity index (χ1) is 14.3. The van der Waals surface area contributed by atoms with E-state index >= 15 is 0 Å². The number of aryl methyl sites for hydroxylation is 1. The Morgan fingerprint density at radius 1 is 0.967 bits per heavy atom. The van der Waals surface area contributed by atoms with E-state index in [1.54, 1.807) is 36.4 Å². The Balaban J connectivity index is 1.59. The van der Waals surface area contributed by atoms with Gasteiger partial charge in [0.1, 0.15) is 11.5 Å². The summed E-state index contributed by atoms with van der Waals surface area (Å²) in [5.74, 6) is 0.796. The predicted octanol–water partition coefficient (Wildman–Crippen LogP) is 6.15. The number of hydrogen-bond donors (Lipinski definition) is 2. The van der Waals surface area contributed by atoms with Crippen LogP contribution < -0.4 is 10.6 Å². The number of hydrogen-bond acceptors (Lipinski definition) is 3. The largest absolute Gasteiger partial charge is 0.457 e. The normalized spacial score (nSPS) is 11.1. The third-order valence-electron chi connectivity index (χ3n) is 4.43. The van der Waals surface area contributed by atoms with Crippen molar-refractivity contribution in [3.63, 3.8) is 0 Å². The number of carbonyl (C=O) groups is 2. The zero-order chi connectivity index (χ0) is 21.7. The fraction of sp³-hybridized carbons (Fsp3) is 0.167. The molecule has 0 spiro atoms. The number of rotatable bonds is 6. The lowest BCUT2D eigenvalue weighted by atomic mass is 10.1. The van der Waals surface area contributed by atoms with Crippen LogP contribution in [-0.2, 0) is 9.59 Å². The second-order valence-corrected chi connectivity index (χ2v) is 7.62. The molecule has 0 radical (unpaired) electrons. The molecular formula is C24H23ClN2O3. The number of halogens is 1. The fourth-order valence-corrected chi connectivity index (χ4v) is 2.79. The highest BCUT2D eigenvalue weighted by Crippen LogP contribution is 2.27. The molecule has 6 heteroatoms. The molecule has 0 bridgehead atoms. The lowest BCUT2D eigenvalue weighted by Crippen LogP contribution is -2.17. The SMILES string of the molecule is Cc1ccc(-c2ccc(/C=C/C(=O)Nc3ccc(NC(=O)C(C)C)cc3)o2)cc1Cl. The van der Waals surface area contributed by atoms with E-state index in [0.29, 0.717) is 27.9 Å². The van der Waals surface area contributed by atoms with E-state index in [2.05, 4.69) is 10.6 Å². The minimum atomic E-state index is -0.287. The van der Waals surface area contributed by atoms with Crippen LogP contribution in [0.2, 0.25) is 5.02 Å². The summed E-state index contributed by atoms with van der Waals surface area (Å²) in [6, 6.07) is 16.3. The van der Waals surface area contributed by atoms with E-state index in [4.69, 9.17) is 16.0 Å². The summed E-state index contributed by atoms with van der Waals surface area (Å²) in [5.41, 5.74) is 3.18. The van der Waals surface area contributed by atoms with E-state index in [9.17, 15) is 9.59 Å². The van der Waals surface area contributed by atoms with E-state index < -0.39 is 0 Å². The highest BCUT2D eigenvalue weighted by atomic mass is 35.5. The second kappa shape index (κ2) is 9.46. The minimum absolute atomic E-state index is 0.0551. The molecule has 1 heterocycles. The number of anilines is 2. The van der Waals surface area contributed by atoms with Crippen LogP contribution >= 0.6 is 11.6 Å². The lowest BCUT2D eigenvalue weighted by molar-refractivity contribution is -0.119. The van der Waals surface area contributed by atoms with Gasteiger partial charge >= 0.3 is 0 Å². The van der Waals surface area contributed by atoms with Crippen molar-refractivity contribution in [2.45, 2.75) is 20.8 Å². The van der Waals surface area contributed by atoms with Gasteiger partial charge in [-0.25, -0.2) is 0 Å². The first-order valence-electron chi connectivity index (χ1n) is 9.58. The van der Waals surface area contributed by atoms with Gasteiger partial charge in [-0.05, 0) is 61.0 Å². The molecule has 30 heavy (non-hydrogen) atoms. The molecule has 154 valence electrons. The standard InChI is InChI=1S/C24H23ClN2O3/c1-15(2)24(29)27-19-8-6-18(7-9-19)26-23(28)13-11-20-10-12-22(30-20)17-5-4-16(3)21(25)14-17/h4-15H,1-3H3,(H,26,28)(H,27,29)/b13-11+. The minimum Gasteiger partial charge on any atom is -0.457 e. The van der Waals surface area contributed by atoms with Crippen molar-refractivity contribution < 1.29 is 14.0 Å². The molecule has 3 rings (SSSR count). The molecule has 0 aliphatic rings.